The summed E-state index contributed by atoms with van der Waals surface area (Å²) in [6, 6.07) is 3.75. The van der Waals surface area contributed by atoms with Crippen molar-refractivity contribution < 1.29 is 19.2 Å². The smallest absolute Gasteiger partial charge is 0.235 e. The monoisotopic (exact) mass is 349 g/mol. The molecule has 4 heterocycles. The molecule has 1 aliphatic rings. The van der Waals surface area contributed by atoms with E-state index in [1.54, 1.807) is 6.26 Å². The van der Waals surface area contributed by atoms with E-state index in [1.807, 2.05) is 19.1 Å². The van der Waals surface area contributed by atoms with E-state index in [4.69, 9.17) is 9.15 Å². The average Bonchev–Trinajstić information content (AvgIpc) is 3.20. The summed E-state index contributed by atoms with van der Waals surface area (Å²) in [5.41, 5.74) is 0. The number of aromatic hydroxyl groups is 1. The van der Waals surface area contributed by atoms with E-state index in [0.717, 1.165) is 23.7 Å². The van der Waals surface area contributed by atoms with Gasteiger partial charge in [0.05, 0.1) is 6.26 Å². The van der Waals surface area contributed by atoms with Crippen LogP contribution in [-0.4, -0.2) is 45.0 Å². The van der Waals surface area contributed by atoms with Crippen LogP contribution in [0.25, 0.3) is 4.96 Å². The van der Waals surface area contributed by atoms with Gasteiger partial charge in [0.25, 0.3) is 0 Å². The molecule has 0 saturated carbocycles. The van der Waals surface area contributed by atoms with Gasteiger partial charge in [0, 0.05) is 0 Å². The molecule has 0 unspecified atom stereocenters. The molecule has 7 nitrogen and oxygen atoms in total. The second-order valence-electron chi connectivity index (χ2n) is 6.42. The Morgan fingerprint density at radius 2 is 2.12 bits per heavy atom. The van der Waals surface area contributed by atoms with Crippen molar-refractivity contribution in [3.63, 3.8) is 0 Å². The molecule has 0 bridgehead atoms. The van der Waals surface area contributed by atoms with Crippen molar-refractivity contribution in [2.45, 2.75) is 39.0 Å². The molecule has 0 aromatic carbocycles. The van der Waals surface area contributed by atoms with Gasteiger partial charge in [0.1, 0.15) is 36.0 Å². The maximum absolute atomic E-state index is 10.7. The first-order valence-corrected chi connectivity index (χ1v) is 8.93. The zero-order valence-corrected chi connectivity index (χ0v) is 14.7. The van der Waals surface area contributed by atoms with Gasteiger partial charge in [-0.15, -0.1) is 5.10 Å². The number of fused-ring (bicyclic) bond motifs is 1. The predicted octanol–water partition coefficient (Wildman–Crippen LogP) is 1.18. The van der Waals surface area contributed by atoms with Gasteiger partial charge in [-0.1, -0.05) is 11.3 Å². The first kappa shape index (κ1) is 15.6. The number of morpholine rings is 1. The second kappa shape index (κ2) is 5.87. The highest BCUT2D eigenvalue weighted by Crippen LogP contribution is 2.35. The zero-order valence-electron chi connectivity index (χ0n) is 13.9. The van der Waals surface area contributed by atoms with Gasteiger partial charge in [-0.05, 0) is 32.9 Å². The minimum Gasteiger partial charge on any atom is -0.492 e. The molecule has 3 aromatic rings. The normalized spacial score (nSPS) is 26.0. The topological polar surface area (TPSA) is 77.2 Å². The standard InChI is InChI=1S/C16H20N4O3S/c1-9-7-19(8-10(2)23-9)13(12-5-4-6-22-12)14-15(21)20-16(24-14)17-11(3)18-20/h4-6,9-10,13,21H,7-8H2,1-3H3/p+1/t9-,10-,13+/m1/s1. The van der Waals surface area contributed by atoms with Crippen LogP contribution in [0.5, 0.6) is 5.88 Å². The van der Waals surface area contributed by atoms with Crippen LogP contribution in [-0.2, 0) is 4.74 Å². The molecule has 1 saturated heterocycles. The van der Waals surface area contributed by atoms with Crippen LogP contribution in [0.4, 0.5) is 0 Å². The van der Waals surface area contributed by atoms with Gasteiger partial charge in [-0.2, -0.15) is 4.52 Å². The summed E-state index contributed by atoms with van der Waals surface area (Å²) in [7, 11) is 0. The van der Waals surface area contributed by atoms with Crippen molar-refractivity contribution in [3.05, 3.63) is 34.9 Å². The Hall–Kier alpha value is -1.90. The van der Waals surface area contributed by atoms with Gasteiger partial charge < -0.3 is 19.2 Å². The van der Waals surface area contributed by atoms with Gasteiger partial charge in [-0.25, -0.2) is 4.98 Å². The van der Waals surface area contributed by atoms with Crippen LogP contribution in [0.1, 0.15) is 36.4 Å². The maximum atomic E-state index is 10.7. The highest BCUT2D eigenvalue weighted by Gasteiger charge is 2.38. The van der Waals surface area contributed by atoms with Crippen LogP contribution >= 0.6 is 11.3 Å². The zero-order chi connectivity index (χ0) is 16.8. The molecule has 24 heavy (non-hydrogen) atoms. The largest absolute Gasteiger partial charge is 0.492 e. The molecular weight excluding hydrogens is 328 g/mol. The highest BCUT2D eigenvalue weighted by atomic mass is 32.1. The van der Waals surface area contributed by atoms with Crippen molar-refractivity contribution in [3.8, 4) is 5.88 Å². The number of thiazole rings is 1. The lowest BCUT2D eigenvalue weighted by atomic mass is 10.1. The summed E-state index contributed by atoms with van der Waals surface area (Å²) in [6.45, 7) is 7.69. The number of rotatable bonds is 3. The van der Waals surface area contributed by atoms with Crippen molar-refractivity contribution in [1.29, 1.82) is 0 Å². The van der Waals surface area contributed by atoms with Gasteiger partial charge in [-0.3, -0.25) is 0 Å². The fraction of sp³-hybridized carbons (Fsp3) is 0.500. The minimum atomic E-state index is -0.0948. The number of ether oxygens (including phenoxy) is 1. The van der Waals surface area contributed by atoms with Crippen LogP contribution in [0.2, 0.25) is 0 Å². The summed E-state index contributed by atoms with van der Waals surface area (Å²) in [4.78, 5) is 7.22. The van der Waals surface area contributed by atoms with E-state index >= 15 is 0 Å². The summed E-state index contributed by atoms with van der Waals surface area (Å²) < 4.78 is 13.1. The van der Waals surface area contributed by atoms with Crippen molar-refractivity contribution >= 4 is 16.3 Å². The van der Waals surface area contributed by atoms with Crippen LogP contribution in [0.3, 0.4) is 0 Å². The van der Waals surface area contributed by atoms with Crippen molar-refractivity contribution in [2.75, 3.05) is 13.1 Å². The predicted molar refractivity (Wildman–Crippen MR) is 88.5 cm³/mol. The van der Waals surface area contributed by atoms with Gasteiger partial charge in [0.2, 0.25) is 10.8 Å². The molecule has 0 amide bonds. The highest BCUT2D eigenvalue weighted by molar-refractivity contribution is 7.17. The average molecular weight is 349 g/mol. The maximum Gasteiger partial charge on any atom is 0.235 e. The molecule has 0 radical (unpaired) electrons. The lowest BCUT2D eigenvalue weighted by molar-refractivity contribution is -0.940. The molecule has 0 aliphatic carbocycles. The van der Waals surface area contributed by atoms with Crippen molar-refractivity contribution in [2.24, 2.45) is 0 Å². The Kier molecular flexibility index (Phi) is 3.82. The van der Waals surface area contributed by atoms with Crippen LogP contribution in [0.15, 0.2) is 22.8 Å². The Morgan fingerprint density at radius 1 is 1.38 bits per heavy atom. The Morgan fingerprint density at radius 3 is 2.75 bits per heavy atom. The van der Waals surface area contributed by atoms with Gasteiger partial charge in [0.15, 0.2) is 11.8 Å². The first-order valence-electron chi connectivity index (χ1n) is 8.11. The second-order valence-corrected chi connectivity index (χ2v) is 7.42. The third kappa shape index (κ3) is 2.60. The van der Waals surface area contributed by atoms with E-state index in [9.17, 15) is 5.11 Å². The summed E-state index contributed by atoms with van der Waals surface area (Å²) >= 11 is 1.46. The number of nitrogens with zero attached hydrogens (tertiary/aromatic N) is 3. The molecule has 3 atom stereocenters. The van der Waals surface area contributed by atoms with E-state index in [-0.39, 0.29) is 24.1 Å². The molecular formula is C16H21N4O3S+. The third-order valence-corrected chi connectivity index (χ3v) is 5.45. The number of hydrogen-bond acceptors (Lipinski definition) is 6. The quantitative estimate of drug-likeness (QED) is 0.742. The number of aryl methyl sites for hydroxylation is 1. The Balaban J connectivity index is 1.80. The van der Waals surface area contributed by atoms with E-state index in [2.05, 4.69) is 23.9 Å². The Labute approximate surface area is 143 Å². The molecule has 1 fully saturated rings. The number of quaternary nitrogens is 1. The number of hydrogen-bond donors (Lipinski definition) is 2. The summed E-state index contributed by atoms with van der Waals surface area (Å²) in [5, 5.41) is 15.0. The molecule has 1 aliphatic heterocycles. The molecule has 4 rings (SSSR count). The summed E-state index contributed by atoms with van der Waals surface area (Å²) in [6.07, 6.45) is 1.99. The van der Waals surface area contributed by atoms with E-state index in [0.29, 0.717) is 10.8 Å². The molecule has 128 valence electrons. The molecule has 0 spiro atoms. The fourth-order valence-corrected chi connectivity index (χ4v) is 4.72. The lowest BCUT2D eigenvalue weighted by Gasteiger charge is -2.36. The van der Waals surface area contributed by atoms with Crippen LogP contribution < -0.4 is 4.90 Å². The van der Waals surface area contributed by atoms with Crippen molar-refractivity contribution in [1.82, 2.24) is 14.6 Å². The van der Waals surface area contributed by atoms with Gasteiger partial charge >= 0.3 is 0 Å². The number of nitrogens with one attached hydrogen (secondary N) is 1. The number of aromatic nitrogens is 3. The number of furan rings is 1. The molecule has 2 N–H and O–H groups in total. The SMILES string of the molecule is Cc1nc2sc([C@H](c3ccco3)[NH+]3C[C@@H](C)O[C@H](C)C3)c(O)n2n1. The molecule has 3 aromatic heterocycles. The minimum absolute atomic E-state index is 0.0948. The molecule has 8 heteroatoms. The van der Waals surface area contributed by atoms with E-state index < -0.39 is 0 Å². The van der Waals surface area contributed by atoms with E-state index in [1.165, 1.54) is 20.8 Å². The fourth-order valence-electron chi connectivity index (χ4n) is 3.56. The summed E-state index contributed by atoms with van der Waals surface area (Å²) in [5.74, 6) is 1.64. The van der Waals surface area contributed by atoms with Crippen LogP contribution in [0, 0.1) is 6.92 Å². The lowest BCUT2D eigenvalue weighted by Crippen LogP contribution is -3.15. The first-order chi connectivity index (χ1) is 11.5. The Bertz CT molecular complexity index is 831. The third-order valence-electron chi connectivity index (χ3n) is 4.37.